The fourth-order valence-corrected chi connectivity index (χ4v) is 1.93. The van der Waals surface area contributed by atoms with E-state index in [1.165, 1.54) is 31.5 Å². The Bertz CT molecular complexity index is 676. The summed E-state index contributed by atoms with van der Waals surface area (Å²) in [6, 6.07) is 4.96. The summed E-state index contributed by atoms with van der Waals surface area (Å²) >= 11 is 6.07. The molecule has 0 saturated heterocycles. The van der Waals surface area contributed by atoms with Crippen LogP contribution < -0.4 is 5.56 Å². The zero-order valence-corrected chi connectivity index (χ0v) is 10.6. The number of rotatable bonds is 2. The number of benzene rings is 1. The molecule has 0 fully saturated rings. The molecule has 0 radical (unpaired) electrons. The Morgan fingerprint density at radius 3 is 2.68 bits per heavy atom. The summed E-state index contributed by atoms with van der Waals surface area (Å²) in [5, 5.41) is 0.0697. The molecule has 0 bridgehead atoms. The molecule has 0 aliphatic rings. The highest BCUT2D eigenvalue weighted by Crippen LogP contribution is 2.31. The lowest BCUT2D eigenvalue weighted by molar-refractivity contribution is 0.0600. The number of pyridine rings is 1. The van der Waals surface area contributed by atoms with Crippen LogP contribution in [0.2, 0.25) is 5.02 Å². The van der Waals surface area contributed by atoms with Crippen LogP contribution in [0.4, 0.5) is 4.39 Å². The minimum absolute atomic E-state index is 0.0645. The van der Waals surface area contributed by atoms with Gasteiger partial charge in [0.05, 0.1) is 17.7 Å². The van der Waals surface area contributed by atoms with Gasteiger partial charge in [0, 0.05) is 17.8 Å². The first-order valence-electron chi connectivity index (χ1n) is 5.29. The normalized spacial score (nSPS) is 10.3. The van der Waals surface area contributed by atoms with Crippen LogP contribution in [-0.4, -0.2) is 18.1 Å². The lowest BCUT2D eigenvalue weighted by atomic mass is 10.0. The summed E-state index contributed by atoms with van der Waals surface area (Å²) in [5.41, 5.74) is 0.447. The Morgan fingerprint density at radius 1 is 1.37 bits per heavy atom. The van der Waals surface area contributed by atoms with Gasteiger partial charge in [0.2, 0.25) is 5.56 Å². The second kappa shape index (κ2) is 5.24. The van der Waals surface area contributed by atoms with Gasteiger partial charge < -0.3 is 9.72 Å². The monoisotopic (exact) mass is 281 g/mol. The number of H-pyrrole nitrogens is 1. The minimum atomic E-state index is -0.727. The van der Waals surface area contributed by atoms with E-state index in [0.717, 1.165) is 6.07 Å². The van der Waals surface area contributed by atoms with Crippen LogP contribution in [0.15, 0.2) is 35.3 Å². The van der Waals surface area contributed by atoms with Crippen LogP contribution in [-0.2, 0) is 4.74 Å². The van der Waals surface area contributed by atoms with E-state index in [-0.39, 0.29) is 16.1 Å². The maximum Gasteiger partial charge on any atom is 0.339 e. The summed E-state index contributed by atoms with van der Waals surface area (Å²) < 4.78 is 18.1. The van der Waals surface area contributed by atoms with Gasteiger partial charge in [-0.1, -0.05) is 11.6 Å². The molecule has 1 aromatic carbocycles. The average molecular weight is 282 g/mol. The number of carbonyl (C=O) groups excluding carboxylic acids is 1. The van der Waals surface area contributed by atoms with E-state index in [4.69, 9.17) is 11.6 Å². The van der Waals surface area contributed by atoms with Crippen LogP contribution in [0.25, 0.3) is 11.1 Å². The Morgan fingerprint density at radius 2 is 2.11 bits per heavy atom. The third-order valence-electron chi connectivity index (χ3n) is 2.54. The highest BCUT2D eigenvalue weighted by Gasteiger charge is 2.17. The zero-order valence-electron chi connectivity index (χ0n) is 9.87. The highest BCUT2D eigenvalue weighted by molar-refractivity contribution is 6.36. The van der Waals surface area contributed by atoms with Crippen molar-refractivity contribution in [3.05, 3.63) is 57.2 Å². The van der Waals surface area contributed by atoms with Gasteiger partial charge in [-0.05, 0) is 23.8 Å². The van der Waals surface area contributed by atoms with Crippen LogP contribution in [0.5, 0.6) is 0 Å². The SMILES string of the molecule is COC(=O)c1cc(F)cc(-c2ccc(=O)[nH]c2)c1Cl. The van der Waals surface area contributed by atoms with Crippen LogP contribution in [0.1, 0.15) is 10.4 Å². The molecular weight excluding hydrogens is 273 g/mol. The number of hydrogen-bond donors (Lipinski definition) is 1. The quantitative estimate of drug-likeness (QED) is 0.861. The number of aromatic amines is 1. The molecule has 98 valence electrons. The zero-order chi connectivity index (χ0) is 14.0. The van der Waals surface area contributed by atoms with Crippen LogP contribution >= 0.6 is 11.6 Å². The van der Waals surface area contributed by atoms with Crippen LogP contribution in [0.3, 0.4) is 0 Å². The molecule has 1 N–H and O–H groups in total. The van der Waals surface area contributed by atoms with Gasteiger partial charge in [-0.3, -0.25) is 4.79 Å². The maximum absolute atomic E-state index is 13.5. The lowest BCUT2D eigenvalue weighted by Gasteiger charge is -2.08. The number of hydrogen-bond acceptors (Lipinski definition) is 3. The van der Waals surface area contributed by atoms with Gasteiger partial charge >= 0.3 is 5.97 Å². The number of methoxy groups -OCH3 is 1. The first-order chi connectivity index (χ1) is 9.02. The van der Waals surface area contributed by atoms with Crippen LogP contribution in [0, 0.1) is 5.82 Å². The highest BCUT2D eigenvalue weighted by atomic mass is 35.5. The second-order valence-corrected chi connectivity index (χ2v) is 4.13. The molecule has 0 saturated carbocycles. The molecule has 0 spiro atoms. The third-order valence-corrected chi connectivity index (χ3v) is 2.95. The Kier molecular flexibility index (Phi) is 3.66. The molecule has 0 aliphatic carbocycles. The van der Waals surface area contributed by atoms with E-state index in [0.29, 0.717) is 11.1 Å². The second-order valence-electron chi connectivity index (χ2n) is 3.75. The van der Waals surface area contributed by atoms with E-state index >= 15 is 0 Å². The molecule has 0 unspecified atom stereocenters. The van der Waals surface area contributed by atoms with Crippen molar-refractivity contribution >= 4 is 17.6 Å². The average Bonchev–Trinajstić information content (AvgIpc) is 2.41. The van der Waals surface area contributed by atoms with Gasteiger partial charge in [0.25, 0.3) is 0 Å². The van der Waals surface area contributed by atoms with Crippen molar-refractivity contribution < 1.29 is 13.9 Å². The molecule has 2 aromatic rings. The molecule has 0 amide bonds. The van der Waals surface area contributed by atoms with Gasteiger partial charge in [-0.15, -0.1) is 0 Å². The first kappa shape index (κ1) is 13.3. The largest absolute Gasteiger partial charge is 0.465 e. The van der Waals surface area contributed by atoms with Gasteiger partial charge in [-0.25, -0.2) is 9.18 Å². The Labute approximate surface area is 112 Å². The summed E-state index contributed by atoms with van der Waals surface area (Å²) in [5.74, 6) is -1.35. The van der Waals surface area contributed by atoms with E-state index in [9.17, 15) is 14.0 Å². The van der Waals surface area contributed by atoms with Crippen molar-refractivity contribution in [2.24, 2.45) is 0 Å². The molecule has 1 heterocycles. The Hall–Kier alpha value is -2.14. The number of ether oxygens (including phenoxy) is 1. The number of carbonyl (C=O) groups is 1. The smallest absolute Gasteiger partial charge is 0.339 e. The summed E-state index contributed by atoms with van der Waals surface area (Å²) in [6.07, 6.45) is 1.39. The molecule has 0 aliphatic heterocycles. The van der Waals surface area contributed by atoms with E-state index in [1.807, 2.05) is 0 Å². The molecule has 6 heteroatoms. The Balaban J connectivity index is 2.64. The molecule has 2 rings (SSSR count). The topological polar surface area (TPSA) is 59.2 Å². The minimum Gasteiger partial charge on any atom is -0.465 e. The third kappa shape index (κ3) is 2.66. The fraction of sp³-hybridized carbons (Fsp3) is 0.0769. The predicted octanol–water partition coefficient (Wildman–Crippen LogP) is 2.62. The van der Waals surface area contributed by atoms with E-state index in [1.54, 1.807) is 0 Å². The van der Waals surface area contributed by atoms with Crippen molar-refractivity contribution in [3.8, 4) is 11.1 Å². The van der Waals surface area contributed by atoms with Crippen molar-refractivity contribution in [1.82, 2.24) is 4.98 Å². The molecule has 1 aromatic heterocycles. The fourth-order valence-electron chi connectivity index (χ4n) is 1.64. The summed E-state index contributed by atoms with van der Waals surface area (Å²) in [7, 11) is 1.18. The predicted molar refractivity (Wildman–Crippen MR) is 68.8 cm³/mol. The molecule has 0 atom stereocenters. The standard InChI is InChI=1S/C13H9ClFNO3/c1-19-13(18)10-5-8(15)4-9(12(10)14)7-2-3-11(17)16-6-7/h2-6H,1H3,(H,16,17). The van der Waals surface area contributed by atoms with E-state index < -0.39 is 11.8 Å². The summed E-state index contributed by atoms with van der Waals surface area (Å²) in [6.45, 7) is 0. The molecule has 19 heavy (non-hydrogen) atoms. The van der Waals surface area contributed by atoms with E-state index in [2.05, 4.69) is 9.72 Å². The van der Waals surface area contributed by atoms with Crippen molar-refractivity contribution in [2.75, 3.05) is 7.11 Å². The molecule has 4 nitrogen and oxygen atoms in total. The van der Waals surface area contributed by atoms with Gasteiger partial charge in [-0.2, -0.15) is 0 Å². The molecular formula is C13H9ClFNO3. The van der Waals surface area contributed by atoms with Crippen molar-refractivity contribution in [2.45, 2.75) is 0 Å². The first-order valence-corrected chi connectivity index (χ1v) is 5.67. The lowest BCUT2D eigenvalue weighted by Crippen LogP contribution is -2.05. The number of esters is 1. The van der Waals surface area contributed by atoms with Gasteiger partial charge in [0.1, 0.15) is 5.82 Å². The van der Waals surface area contributed by atoms with Gasteiger partial charge in [0.15, 0.2) is 0 Å². The van der Waals surface area contributed by atoms with Crippen molar-refractivity contribution in [1.29, 1.82) is 0 Å². The summed E-state index contributed by atoms with van der Waals surface area (Å²) in [4.78, 5) is 24.9. The number of aromatic nitrogens is 1. The number of halogens is 2. The van der Waals surface area contributed by atoms with Crippen molar-refractivity contribution in [3.63, 3.8) is 0 Å². The maximum atomic E-state index is 13.5. The number of nitrogens with one attached hydrogen (secondary N) is 1.